The van der Waals surface area contributed by atoms with Gasteiger partial charge < -0.3 is 5.11 Å². The van der Waals surface area contributed by atoms with E-state index in [1.54, 1.807) is 24.3 Å². The van der Waals surface area contributed by atoms with Crippen molar-refractivity contribution >= 4 is 29.0 Å². The zero-order valence-electron chi connectivity index (χ0n) is 12.8. The van der Waals surface area contributed by atoms with E-state index in [0.717, 1.165) is 22.7 Å². The lowest BCUT2D eigenvalue weighted by atomic mass is 10.1. The van der Waals surface area contributed by atoms with Gasteiger partial charge in [0, 0.05) is 0 Å². The van der Waals surface area contributed by atoms with E-state index in [4.69, 9.17) is 5.26 Å². The van der Waals surface area contributed by atoms with Gasteiger partial charge in [-0.3, -0.25) is 14.5 Å². The van der Waals surface area contributed by atoms with Gasteiger partial charge in [0.2, 0.25) is 0 Å². The number of phenolic OH excluding ortho intramolecular Hbond substituents is 1. The highest BCUT2D eigenvalue weighted by Crippen LogP contribution is 2.33. The number of rotatable bonds is 3. The molecule has 2 aromatic carbocycles. The van der Waals surface area contributed by atoms with Crippen molar-refractivity contribution in [2.75, 3.05) is 0 Å². The van der Waals surface area contributed by atoms with Crippen LogP contribution in [0.5, 0.6) is 5.75 Å². The minimum atomic E-state index is -0.761. The highest BCUT2D eigenvalue weighted by atomic mass is 32.2. The Labute approximate surface area is 147 Å². The molecule has 0 unspecified atom stereocenters. The average molecular weight is 354 g/mol. The topological polar surface area (TPSA) is 81.4 Å². The van der Waals surface area contributed by atoms with E-state index in [9.17, 15) is 19.1 Å². The maximum atomic E-state index is 13.1. The molecule has 5 nitrogen and oxygen atoms in total. The number of carbonyl (C=O) groups excluding carboxylic acids is 2. The first-order valence-corrected chi connectivity index (χ1v) is 8.02. The molecule has 1 fully saturated rings. The van der Waals surface area contributed by atoms with Crippen LogP contribution in [0, 0.1) is 17.1 Å². The quantitative estimate of drug-likeness (QED) is 0.851. The largest absolute Gasteiger partial charge is 0.505 e. The number of carbonyl (C=O) groups is 2. The van der Waals surface area contributed by atoms with E-state index in [2.05, 4.69) is 0 Å². The first kappa shape index (κ1) is 16.7. The minimum absolute atomic E-state index is 0.0617. The molecule has 1 N–H and O–H groups in total. The second-order valence-electron chi connectivity index (χ2n) is 5.29. The first-order chi connectivity index (χ1) is 12.0. The third-order valence-corrected chi connectivity index (χ3v) is 4.45. The molecule has 7 heteroatoms. The molecule has 0 radical (unpaired) electrons. The molecule has 25 heavy (non-hydrogen) atoms. The van der Waals surface area contributed by atoms with E-state index in [-0.39, 0.29) is 11.4 Å². The number of benzene rings is 2. The van der Waals surface area contributed by atoms with Gasteiger partial charge in [-0.15, -0.1) is 0 Å². The van der Waals surface area contributed by atoms with Crippen molar-refractivity contribution < 1.29 is 19.1 Å². The second kappa shape index (κ2) is 6.79. The molecule has 2 aromatic rings. The predicted molar refractivity (Wildman–Crippen MR) is 90.7 cm³/mol. The third kappa shape index (κ3) is 3.54. The van der Waals surface area contributed by atoms with Crippen LogP contribution >= 0.6 is 11.8 Å². The number of nitriles is 1. The second-order valence-corrected chi connectivity index (χ2v) is 6.28. The van der Waals surface area contributed by atoms with E-state index < -0.39 is 22.7 Å². The molecule has 0 spiro atoms. The molecule has 1 aliphatic heterocycles. The summed E-state index contributed by atoms with van der Waals surface area (Å²) in [7, 11) is 0. The van der Waals surface area contributed by atoms with Gasteiger partial charge in [0.1, 0.15) is 0 Å². The highest BCUT2D eigenvalue weighted by Gasteiger charge is 2.35. The van der Waals surface area contributed by atoms with Crippen molar-refractivity contribution in [2.45, 2.75) is 6.54 Å². The van der Waals surface area contributed by atoms with Gasteiger partial charge in [0.15, 0.2) is 11.6 Å². The highest BCUT2D eigenvalue weighted by molar-refractivity contribution is 8.18. The molecule has 1 heterocycles. The minimum Gasteiger partial charge on any atom is -0.505 e. The number of phenols is 1. The Bertz CT molecular complexity index is 950. The fourth-order valence-corrected chi connectivity index (χ4v) is 3.17. The van der Waals surface area contributed by atoms with Crippen LogP contribution in [-0.2, 0) is 11.3 Å². The van der Waals surface area contributed by atoms with Gasteiger partial charge in [0.05, 0.1) is 23.1 Å². The zero-order valence-corrected chi connectivity index (χ0v) is 13.6. The molecule has 0 atom stereocenters. The SMILES string of the molecule is N#Cc1cccc(CN2C(=O)S/C(=C\c3ccc(F)c(O)c3)C2=O)c1. The molecule has 0 aromatic heterocycles. The van der Waals surface area contributed by atoms with Gasteiger partial charge in [-0.1, -0.05) is 18.2 Å². The standard InChI is InChI=1S/C18H11FN2O3S/c19-14-5-4-11(7-15(14)22)8-16-17(23)21(18(24)25-16)10-13-3-1-2-12(6-13)9-20/h1-8,22H,10H2/b16-8-. The maximum absolute atomic E-state index is 13.1. The third-order valence-electron chi connectivity index (χ3n) is 3.54. The monoisotopic (exact) mass is 354 g/mol. The summed E-state index contributed by atoms with van der Waals surface area (Å²) in [6.45, 7) is 0.0617. The lowest BCUT2D eigenvalue weighted by Crippen LogP contribution is -2.27. The summed E-state index contributed by atoms with van der Waals surface area (Å²) in [5.41, 5.74) is 1.53. The number of halogens is 1. The van der Waals surface area contributed by atoms with Crippen molar-refractivity contribution in [3.63, 3.8) is 0 Å². The van der Waals surface area contributed by atoms with Crippen LogP contribution in [0.15, 0.2) is 47.4 Å². The van der Waals surface area contributed by atoms with Crippen LogP contribution in [0.3, 0.4) is 0 Å². The summed E-state index contributed by atoms with van der Waals surface area (Å²) in [5, 5.41) is 17.9. The van der Waals surface area contributed by atoms with E-state index in [1.807, 2.05) is 6.07 Å². The van der Waals surface area contributed by atoms with Gasteiger partial charge in [-0.25, -0.2) is 4.39 Å². The molecule has 124 valence electrons. The molecule has 2 amide bonds. The van der Waals surface area contributed by atoms with Gasteiger partial charge in [0.25, 0.3) is 11.1 Å². The predicted octanol–water partition coefficient (Wildman–Crippen LogP) is 3.64. The van der Waals surface area contributed by atoms with Crippen LogP contribution in [0.25, 0.3) is 6.08 Å². The smallest absolute Gasteiger partial charge is 0.293 e. The van der Waals surface area contributed by atoms with Crippen molar-refractivity contribution in [1.29, 1.82) is 5.26 Å². The maximum Gasteiger partial charge on any atom is 0.293 e. The van der Waals surface area contributed by atoms with Crippen molar-refractivity contribution in [1.82, 2.24) is 4.90 Å². The lowest BCUT2D eigenvalue weighted by Gasteiger charge is -2.12. The summed E-state index contributed by atoms with van der Waals surface area (Å²) >= 11 is 0.774. The first-order valence-electron chi connectivity index (χ1n) is 7.21. The summed E-state index contributed by atoms with van der Waals surface area (Å²) < 4.78 is 13.1. The van der Waals surface area contributed by atoms with E-state index >= 15 is 0 Å². The van der Waals surface area contributed by atoms with Crippen molar-refractivity contribution in [3.05, 3.63) is 69.9 Å². The van der Waals surface area contributed by atoms with Crippen LogP contribution < -0.4 is 0 Å². The number of hydrogen-bond acceptors (Lipinski definition) is 5. The molecule has 3 rings (SSSR count). The Morgan fingerprint density at radius 1 is 1.24 bits per heavy atom. The van der Waals surface area contributed by atoms with E-state index in [0.29, 0.717) is 16.7 Å². The number of thioether (sulfide) groups is 1. The molecule has 0 saturated carbocycles. The Hall–Kier alpha value is -3.11. The lowest BCUT2D eigenvalue weighted by molar-refractivity contribution is -0.123. The average Bonchev–Trinajstić information content (AvgIpc) is 2.86. The molecule has 1 saturated heterocycles. The zero-order chi connectivity index (χ0) is 18.0. The molecular weight excluding hydrogens is 343 g/mol. The molecule has 0 bridgehead atoms. The number of hydrogen-bond donors (Lipinski definition) is 1. The van der Waals surface area contributed by atoms with Gasteiger partial charge in [-0.05, 0) is 53.2 Å². The summed E-state index contributed by atoms with van der Waals surface area (Å²) in [6, 6.07) is 12.3. The Morgan fingerprint density at radius 3 is 2.76 bits per heavy atom. The van der Waals surface area contributed by atoms with Gasteiger partial charge in [-0.2, -0.15) is 5.26 Å². The van der Waals surface area contributed by atoms with Crippen molar-refractivity contribution in [3.8, 4) is 11.8 Å². The fourth-order valence-electron chi connectivity index (χ4n) is 2.33. The fraction of sp³-hybridized carbons (Fsp3) is 0.0556. The van der Waals surface area contributed by atoms with Crippen molar-refractivity contribution in [2.24, 2.45) is 0 Å². The van der Waals surface area contributed by atoms with Gasteiger partial charge >= 0.3 is 0 Å². The Morgan fingerprint density at radius 2 is 2.04 bits per heavy atom. The normalized spacial score (nSPS) is 15.7. The number of amides is 2. The Kier molecular flexibility index (Phi) is 4.55. The van der Waals surface area contributed by atoms with Crippen LogP contribution in [0.4, 0.5) is 9.18 Å². The Balaban J connectivity index is 1.83. The molecule has 0 aliphatic carbocycles. The number of imide groups is 1. The number of nitrogens with zero attached hydrogens (tertiary/aromatic N) is 2. The molecule has 1 aliphatic rings. The number of aromatic hydroxyl groups is 1. The van der Waals surface area contributed by atoms with E-state index in [1.165, 1.54) is 18.2 Å². The summed E-state index contributed by atoms with van der Waals surface area (Å²) in [6.07, 6.45) is 1.43. The molecular formula is C18H11FN2O3S. The van der Waals surface area contributed by atoms with Crippen LogP contribution in [0.2, 0.25) is 0 Å². The van der Waals surface area contributed by atoms with Crippen LogP contribution in [0.1, 0.15) is 16.7 Å². The van der Waals surface area contributed by atoms with Crippen LogP contribution in [-0.4, -0.2) is 21.2 Å². The summed E-state index contributed by atoms with van der Waals surface area (Å²) in [4.78, 5) is 25.8. The summed E-state index contributed by atoms with van der Waals surface area (Å²) in [5.74, 6) is -1.76.